The van der Waals surface area contributed by atoms with Crippen molar-refractivity contribution in [1.29, 1.82) is 0 Å². The second-order valence-corrected chi connectivity index (χ2v) is 5.53. The van der Waals surface area contributed by atoms with Crippen molar-refractivity contribution in [1.82, 2.24) is 0 Å². The minimum absolute atomic E-state index is 0.770. The first-order valence-electron chi connectivity index (χ1n) is 8.22. The van der Waals surface area contributed by atoms with Gasteiger partial charge in [0.25, 0.3) is 0 Å². The molecule has 3 nitrogen and oxygen atoms in total. The van der Waals surface area contributed by atoms with Crippen molar-refractivity contribution in [2.45, 2.75) is 0 Å². The summed E-state index contributed by atoms with van der Waals surface area (Å²) in [7, 11) is 3.29. The third-order valence-electron chi connectivity index (χ3n) is 3.80. The van der Waals surface area contributed by atoms with Crippen LogP contribution in [0.15, 0.2) is 77.8 Å². The molecule has 0 heterocycles. The standard InChI is InChI=1S/C23H19NO2/c1-25-22-14-11-21(12-15-22)24-17-20-16-23(26-2)13-10-19(20)9-8-18-6-4-3-5-7-18/h3-7,10-17H,1-2H3. The fourth-order valence-corrected chi connectivity index (χ4v) is 2.36. The quantitative estimate of drug-likeness (QED) is 0.501. The first-order valence-corrected chi connectivity index (χ1v) is 8.22. The monoisotopic (exact) mass is 341 g/mol. The lowest BCUT2D eigenvalue weighted by Crippen LogP contribution is -1.91. The molecule has 0 radical (unpaired) electrons. The van der Waals surface area contributed by atoms with Gasteiger partial charge in [-0.3, -0.25) is 4.99 Å². The summed E-state index contributed by atoms with van der Waals surface area (Å²) in [6.07, 6.45) is 1.80. The van der Waals surface area contributed by atoms with Crippen LogP contribution in [0.3, 0.4) is 0 Å². The van der Waals surface area contributed by atoms with Gasteiger partial charge in [-0.15, -0.1) is 0 Å². The van der Waals surface area contributed by atoms with Gasteiger partial charge in [0.15, 0.2) is 0 Å². The summed E-state index contributed by atoms with van der Waals surface area (Å²) in [6.45, 7) is 0. The molecule has 0 saturated heterocycles. The summed E-state index contributed by atoms with van der Waals surface area (Å²) in [6, 6.07) is 23.3. The minimum Gasteiger partial charge on any atom is -0.497 e. The molecule has 3 rings (SSSR count). The van der Waals surface area contributed by atoms with Gasteiger partial charge in [-0.05, 0) is 54.6 Å². The molecule has 0 spiro atoms. The Morgan fingerprint density at radius 1 is 0.769 bits per heavy atom. The third kappa shape index (κ3) is 4.52. The van der Waals surface area contributed by atoms with E-state index in [2.05, 4.69) is 16.8 Å². The number of benzene rings is 3. The largest absolute Gasteiger partial charge is 0.497 e. The molecule has 0 aliphatic carbocycles. The van der Waals surface area contributed by atoms with Crippen LogP contribution in [0, 0.1) is 11.8 Å². The van der Waals surface area contributed by atoms with E-state index < -0.39 is 0 Å². The zero-order chi connectivity index (χ0) is 18.2. The van der Waals surface area contributed by atoms with Crippen LogP contribution in [-0.2, 0) is 0 Å². The Labute approximate surface area is 153 Å². The highest BCUT2D eigenvalue weighted by atomic mass is 16.5. The molecule has 0 saturated carbocycles. The zero-order valence-corrected chi connectivity index (χ0v) is 14.8. The van der Waals surface area contributed by atoms with Gasteiger partial charge in [-0.25, -0.2) is 0 Å². The van der Waals surface area contributed by atoms with Gasteiger partial charge in [0.2, 0.25) is 0 Å². The highest BCUT2D eigenvalue weighted by molar-refractivity contribution is 5.86. The smallest absolute Gasteiger partial charge is 0.119 e. The van der Waals surface area contributed by atoms with E-state index in [-0.39, 0.29) is 0 Å². The predicted molar refractivity (Wildman–Crippen MR) is 106 cm³/mol. The van der Waals surface area contributed by atoms with E-state index in [0.29, 0.717) is 0 Å². The van der Waals surface area contributed by atoms with Crippen LogP contribution in [0.4, 0.5) is 5.69 Å². The van der Waals surface area contributed by atoms with Crippen molar-refractivity contribution in [3.63, 3.8) is 0 Å². The van der Waals surface area contributed by atoms with Gasteiger partial charge in [0.05, 0.1) is 19.9 Å². The third-order valence-corrected chi connectivity index (χ3v) is 3.80. The summed E-state index contributed by atoms with van der Waals surface area (Å²) >= 11 is 0. The van der Waals surface area contributed by atoms with Crippen LogP contribution in [0.5, 0.6) is 11.5 Å². The lowest BCUT2D eigenvalue weighted by molar-refractivity contribution is 0.414. The Morgan fingerprint density at radius 2 is 1.46 bits per heavy atom. The summed E-state index contributed by atoms with van der Waals surface area (Å²) in [5, 5.41) is 0. The first-order chi connectivity index (χ1) is 12.8. The van der Waals surface area contributed by atoms with E-state index in [1.807, 2.05) is 72.8 Å². The van der Waals surface area contributed by atoms with E-state index in [1.54, 1.807) is 20.4 Å². The highest BCUT2D eigenvalue weighted by Crippen LogP contribution is 2.20. The normalized spacial score (nSPS) is 10.2. The summed E-state index contributed by atoms with van der Waals surface area (Å²) < 4.78 is 10.5. The Morgan fingerprint density at radius 3 is 2.15 bits per heavy atom. The topological polar surface area (TPSA) is 30.8 Å². The Balaban J connectivity index is 1.91. The fraction of sp³-hybridized carbons (Fsp3) is 0.0870. The minimum atomic E-state index is 0.770. The van der Waals surface area contributed by atoms with Crippen molar-refractivity contribution in [2.75, 3.05) is 14.2 Å². The average Bonchev–Trinajstić information content (AvgIpc) is 2.72. The van der Waals surface area contributed by atoms with Crippen LogP contribution < -0.4 is 9.47 Å². The number of methoxy groups -OCH3 is 2. The van der Waals surface area contributed by atoms with Crippen molar-refractivity contribution >= 4 is 11.9 Å². The number of hydrogen-bond donors (Lipinski definition) is 0. The maximum atomic E-state index is 5.33. The molecule has 3 aromatic rings. The van der Waals surface area contributed by atoms with Gasteiger partial charge in [-0.1, -0.05) is 30.0 Å². The molecule has 128 valence electrons. The Kier molecular flexibility index (Phi) is 5.69. The van der Waals surface area contributed by atoms with E-state index >= 15 is 0 Å². The number of ether oxygens (including phenoxy) is 2. The average molecular weight is 341 g/mol. The van der Waals surface area contributed by atoms with Gasteiger partial charge in [-0.2, -0.15) is 0 Å². The predicted octanol–water partition coefficient (Wildman–Crippen LogP) is 4.85. The lowest BCUT2D eigenvalue weighted by Gasteiger charge is -2.04. The van der Waals surface area contributed by atoms with Crippen LogP contribution in [0.25, 0.3) is 0 Å². The number of aliphatic imine (C=N–C) groups is 1. The molecule has 0 bridgehead atoms. The van der Waals surface area contributed by atoms with E-state index in [1.165, 1.54) is 0 Å². The zero-order valence-electron chi connectivity index (χ0n) is 14.8. The van der Waals surface area contributed by atoms with Crippen molar-refractivity contribution in [3.8, 4) is 23.3 Å². The molecule has 0 atom stereocenters. The molecule has 0 unspecified atom stereocenters. The molecule has 0 aromatic heterocycles. The molecule has 3 aromatic carbocycles. The first kappa shape index (κ1) is 17.3. The Hall–Kier alpha value is -3.51. The highest BCUT2D eigenvalue weighted by Gasteiger charge is 2.01. The molecular weight excluding hydrogens is 322 g/mol. The van der Waals surface area contributed by atoms with E-state index in [9.17, 15) is 0 Å². The summed E-state index contributed by atoms with van der Waals surface area (Å²) in [4.78, 5) is 4.54. The molecule has 3 heteroatoms. The van der Waals surface area contributed by atoms with Crippen molar-refractivity contribution in [2.24, 2.45) is 4.99 Å². The number of nitrogens with zero attached hydrogens (tertiary/aromatic N) is 1. The van der Waals surface area contributed by atoms with Crippen LogP contribution in [0.1, 0.15) is 16.7 Å². The van der Waals surface area contributed by atoms with Crippen molar-refractivity contribution < 1.29 is 9.47 Å². The van der Waals surface area contributed by atoms with Gasteiger partial charge in [0, 0.05) is 22.9 Å². The van der Waals surface area contributed by atoms with E-state index in [4.69, 9.17) is 9.47 Å². The van der Waals surface area contributed by atoms with Gasteiger partial charge in [0.1, 0.15) is 11.5 Å². The maximum absolute atomic E-state index is 5.33. The lowest BCUT2D eigenvalue weighted by atomic mass is 10.1. The van der Waals surface area contributed by atoms with E-state index in [0.717, 1.165) is 33.9 Å². The number of rotatable bonds is 4. The van der Waals surface area contributed by atoms with Crippen LogP contribution in [0.2, 0.25) is 0 Å². The van der Waals surface area contributed by atoms with Crippen LogP contribution >= 0.6 is 0 Å². The molecule has 0 amide bonds. The molecule has 0 fully saturated rings. The molecule has 26 heavy (non-hydrogen) atoms. The van der Waals surface area contributed by atoms with Crippen molar-refractivity contribution in [3.05, 3.63) is 89.5 Å². The van der Waals surface area contributed by atoms with Gasteiger partial charge < -0.3 is 9.47 Å². The fourth-order valence-electron chi connectivity index (χ4n) is 2.36. The van der Waals surface area contributed by atoms with Gasteiger partial charge >= 0.3 is 0 Å². The summed E-state index contributed by atoms with van der Waals surface area (Å²) in [5.74, 6) is 7.98. The molecule has 0 aliphatic heterocycles. The second kappa shape index (κ2) is 8.55. The van der Waals surface area contributed by atoms with Crippen LogP contribution in [-0.4, -0.2) is 20.4 Å². The second-order valence-electron chi connectivity index (χ2n) is 5.53. The molecule has 0 aliphatic rings. The summed E-state index contributed by atoms with van der Waals surface area (Å²) in [5.41, 5.74) is 3.62. The molecular formula is C23H19NO2. The SMILES string of the molecule is COc1ccc(N=Cc2cc(OC)ccc2C#Cc2ccccc2)cc1. The molecule has 0 N–H and O–H groups in total. The maximum Gasteiger partial charge on any atom is 0.119 e. The number of hydrogen-bond acceptors (Lipinski definition) is 3. The Bertz CT molecular complexity index is 949.